The third kappa shape index (κ3) is 3.48. The lowest BCUT2D eigenvalue weighted by molar-refractivity contribution is -0.142. The molecule has 1 aromatic rings. The number of amides is 1. The maximum Gasteiger partial charge on any atom is 0.228 e. The van der Waals surface area contributed by atoms with Gasteiger partial charge in [0.2, 0.25) is 5.91 Å². The van der Waals surface area contributed by atoms with Gasteiger partial charge in [0.05, 0.1) is 31.3 Å². The van der Waals surface area contributed by atoms with Crippen LogP contribution in [0.15, 0.2) is 30.3 Å². The van der Waals surface area contributed by atoms with Crippen molar-refractivity contribution in [2.75, 3.05) is 45.9 Å². The number of fused-ring (bicyclic) bond motifs is 2. The molecule has 2 bridgehead atoms. The molecule has 3 atom stereocenters. The number of hydrogen-bond acceptors (Lipinski definition) is 4. The molecule has 0 N–H and O–H groups in total. The minimum absolute atomic E-state index is 0.0369. The van der Waals surface area contributed by atoms with Crippen LogP contribution in [0.3, 0.4) is 0 Å². The Morgan fingerprint density at radius 1 is 1.12 bits per heavy atom. The highest BCUT2D eigenvalue weighted by Crippen LogP contribution is 2.33. The van der Waals surface area contributed by atoms with Crippen molar-refractivity contribution in [3.8, 4) is 0 Å². The van der Waals surface area contributed by atoms with E-state index in [2.05, 4.69) is 35.2 Å². The van der Waals surface area contributed by atoms with Gasteiger partial charge in [-0.3, -0.25) is 9.69 Å². The molecule has 0 spiro atoms. The predicted octanol–water partition coefficient (Wildman–Crippen LogP) is 1.18. The number of nitrogens with zero attached hydrogens (tertiary/aromatic N) is 2. The van der Waals surface area contributed by atoms with Crippen LogP contribution in [0.5, 0.6) is 0 Å². The Labute approximate surface area is 143 Å². The molecule has 4 rings (SSSR count). The van der Waals surface area contributed by atoms with Crippen LogP contribution in [0.1, 0.15) is 12.0 Å². The Morgan fingerprint density at radius 3 is 2.71 bits per heavy atom. The number of carbonyl (C=O) groups excluding carboxylic acids is 1. The van der Waals surface area contributed by atoms with Crippen LogP contribution in [0, 0.1) is 5.92 Å². The molecule has 130 valence electrons. The van der Waals surface area contributed by atoms with Gasteiger partial charge in [-0.2, -0.15) is 0 Å². The normalized spacial score (nSPS) is 30.5. The van der Waals surface area contributed by atoms with E-state index < -0.39 is 0 Å². The fourth-order valence-corrected chi connectivity index (χ4v) is 4.13. The van der Waals surface area contributed by atoms with Crippen molar-refractivity contribution in [2.45, 2.75) is 25.0 Å². The molecular formula is C19H26N2O3. The van der Waals surface area contributed by atoms with Crippen LogP contribution >= 0.6 is 0 Å². The number of ether oxygens (including phenoxy) is 2. The van der Waals surface area contributed by atoms with Crippen LogP contribution in [0.25, 0.3) is 0 Å². The largest absolute Gasteiger partial charge is 0.378 e. The monoisotopic (exact) mass is 330 g/mol. The van der Waals surface area contributed by atoms with Gasteiger partial charge in [-0.15, -0.1) is 0 Å². The van der Waals surface area contributed by atoms with Crippen molar-refractivity contribution >= 4 is 5.91 Å². The van der Waals surface area contributed by atoms with Crippen LogP contribution in [-0.2, 0) is 20.7 Å². The summed E-state index contributed by atoms with van der Waals surface area (Å²) in [6.45, 7) is 5.65. The molecule has 0 unspecified atom stereocenters. The molecule has 1 aromatic carbocycles. The summed E-state index contributed by atoms with van der Waals surface area (Å²) < 4.78 is 11.4. The van der Waals surface area contributed by atoms with E-state index in [1.54, 1.807) is 0 Å². The van der Waals surface area contributed by atoms with Crippen LogP contribution in [0.4, 0.5) is 0 Å². The number of morpholine rings is 2. The molecular weight excluding hydrogens is 304 g/mol. The second-order valence-electron chi connectivity index (χ2n) is 7.07. The Hall–Kier alpha value is -1.43. The highest BCUT2D eigenvalue weighted by molar-refractivity contribution is 5.80. The van der Waals surface area contributed by atoms with E-state index in [-0.39, 0.29) is 24.0 Å². The van der Waals surface area contributed by atoms with Crippen LogP contribution in [0.2, 0.25) is 0 Å². The zero-order valence-corrected chi connectivity index (χ0v) is 14.1. The van der Waals surface area contributed by atoms with E-state index in [0.29, 0.717) is 13.2 Å². The smallest absolute Gasteiger partial charge is 0.228 e. The summed E-state index contributed by atoms with van der Waals surface area (Å²) in [5.41, 5.74) is 1.37. The lowest BCUT2D eigenvalue weighted by Gasteiger charge is -2.34. The Bertz CT molecular complexity index is 559. The lowest BCUT2D eigenvalue weighted by atomic mass is 9.98. The van der Waals surface area contributed by atoms with Gasteiger partial charge in [-0.1, -0.05) is 30.3 Å². The van der Waals surface area contributed by atoms with Gasteiger partial charge in [0.25, 0.3) is 0 Å². The van der Waals surface area contributed by atoms with Crippen molar-refractivity contribution in [3.63, 3.8) is 0 Å². The topological polar surface area (TPSA) is 42.0 Å². The highest BCUT2D eigenvalue weighted by Gasteiger charge is 2.45. The molecule has 3 heterocycles. The Balaban J connectivity index is 1.33. The minimum atomic E-state index is 0.0369. The summed E-state index contributed by atoms with van der Waals surface area (Å²) in [7, 11) is 0. The van der Waals surface area contributed by atoms with Gasteiger partial charge in [-0.25, -0.2) is 0 Å². The number of hydrogen-bond donors (Lipinski definition) is 0. The maximum absolute atomic E-state index is 12.8. The average Bonchev–Trinajstić information content (AvgIpc) is 2.95. The molecule has 5 nitrogen and oxygen atoms in total. The molecule has 24 heavy (non-hydrogen) atoms. The average molecular weight is 330 g/mol. The minimum Gasteiger partial charge on any atom is -0.378 e. The molecule has 0 radical (unpaired) electrons. The first-order valence-electron chi connectivity index (χ1n) is 9.08. The van der Waals surface area contributed by atoms with Gasteiger partial charge in [0.1, 0.15) is 0 Å². The predicted molar refractivity (Wildman–Crippen MR) is 90.8 cm³/mol. The van der Waals surface area contributed by atoms with Crippen molar-refractivity contribution in [1.29, 1.82) is 0 Å². The molecule has 5 heteroatoms. The molecule has 3 aliphatic rings. The molecule has 0 aliphatic carbocycles. The molecule has 0 aromatic heterocycles. The number of likely N-dealkylation sites (tertiary alicyclic amines) is 1. The first-order chi connectivity index (χ1) is 11.8. The zero-order chi connectivity index (χ0) is 16.4. The molecule has 1 amide bonds. The fourth-order valence-electron chi connectivity index (χ4n) is 4.13. The third-order valence-corrected chi connectivity index (χ3v) is 5.43. The van der Waals surface area contributed by atoms with Crippen molar-refractivity contribution in [1.82, 2.24) is 9.80 Å². The van der Waals surface area contributed by atoms with Gasteiger partial charge in [0.15, 0.2) is 0 Å². The summed E-state index contributed by atoms with van der Waals surface area (Å²) in [6, 6.07) is 10.6. The van der Waals surface area contributed by atoms with E-state index in [9.17, 15) is 4.79 Å². The summed E-state index contributed by atoms with van der Waals surface area (Å²) in [5, 5.41) is 0. The SMILES string of the molecule is O=C([C@H]1C[C@H]2CN(CCc3ccccc3)C[C@H]1O2)N1CCOCC1. The molecule has 3 fully saturated rings. The van der Waals surface area contributed by atoms with E-state index in [1.807, 2.05) is 4.90 Å². The van der Waals surface area contributed by atoms with Gasteiger partial charge >= 0.3 is 0 Å². The van der Waals surface area contributed by atoms with Gasteiger partial charge in [-0.05, 0) is 18.4 Å². The standard InChI is InChI=1S/C19H26N2O3/c22-19(21-8-10-23-11-9-21)17-12-16-13-20(14-18(17)24-16)7-6-15-4-2-1-3-5-15/h1-5,16-18H,6-14H2/t16-,17-,18+/m0/s1. The second kappa shape index (κ2) is 7.21. The number of rotatable bonds is 4. The van der Waals surface area contributed by atoms with E-state index in [1.165, 1.54) is 5.56 Å². The van der Waals surface area contributed by atoms with E-state index >= 15 is 0 Å². The highest BCUT2D eigenvalue weighted by atomic mass is 16.5. The quantitative estimate of drug-likeness (QED) is 0.831. The summed E-state index contributed by atoms with van der Waals surface area (Å²) in [5.74, 6) is 0.311. The molecule has 3 aliphatic heterocycles. The maximum atomic E-state index is 12.8. The van der Waals surface area contributed by atoms with Gasteiger partial charge < -0.3 is 14.4 Å². The second-order valence-corrected chi connectivity index (χ2v) is 7.07. The summed E-state index contributed by atoms with van der Waals surface area (Å²) in [4.78, 5) is 17.2. The van der Waals surface area contributed by atoms with Gasteiger partial charge in [0, 0.05) is 32.7 Å². The Kier molecular flexibility index (Phi) is 4.83. The number of benzene rings is 1. The van der Waals surface area contributed by atoms with E-state index in [0.717, 1.165) is 45.6 Å². The van der Waals surface area contributed by atoms with Crippen molar-refractivity contribution < 1.29 is 14.3 Å². The molecule has 0 saturated carbocycles. The number of carbonyl (C=O) groups is 1. The molecule has 3 saturated heterocycles. The van der Waals surface area contributed by atoms with Crippen LogP contribution in [-0.4, -0.2) is 73.9 Å². The Morgan fingerprint density at radius 2 is 1.92 bits per heavy atom. The van der Waals surface area contributed by atoms with E-state index in [4.69, 9.17) is 9.47 Å². The van der Waals surface area contributed by atoms with Crippen molar-refractivity contribution in [2.24, 2.45) is 5.92 Å². The third-order valence-electron chi connectivity index (χ3n) is 5.43. The first-order valence-corrected chi connectivity index (χ1v) is 9.08. The first kappa shape index (κ1) is 16.1. The van der Waals surface area contributed by atoms with Crippen molar-refractivity contribution in [3.05, 3.63) is 35.9 Å². The summed E-state index contributed by atoms with van der Waals surface area (Å²) >= 11 is 0. The fraction of sp³-hybridized carbons (Fsp3) is 0.632. The lowest BCUT2D eigenvalue weighted by Crippen LogP contribution is -2.48. The summed E-state index contributed by atoms with van der Waals surface area (Å²) in [6.07, 6.45) is 2.22. The zero-order valence-electron chi connectivity index (χ0n) is 14.1. The van der Waals surface area contributed by atoms with Crippen LogP contribution < -0.4 is 0 Å².